The predicted octanol–water partition coefficient (Wildman–Crippen LogP) is 3.67. The summed E-state index contributed by atoms with van der Waals surface area (Å²) < 4.78 is 28.2. The lowest BCUT2D eigenvalue weighted by atomic mass is 9.75. The van der Waals surface area contributed by atoms with Crippen molar-refractivity contribution in [3.8, 4) is 5.75 Å². The zero-order chi connectivity index (χ0) is 27.1. The second-order valence-electron chi connectivity index (χ2n) is 11.1. The van der Waals surface area contributed by atoms with Crippen LogP contribution in [0.2, 0.25) is 0 Å². The Morgan fingerprint density at radius 2 is 1.58 bits per heavy atom. The summed E-state index contributed by atoms with van der Waals surface area (Å²) in [5.41, 5.74) is -0.613. The summed E-state index contributed by atoms with van der Waals surface area (Å²) in [6.07, 6.45) is 1.52. The number of carbonyl (C=O) groups excluding carboxylic acids is 2. The van der Waals surface area contributed by atoms with Crippen molar-refractivity contribution in [2.75, 3.05) is 20.8 Å². The average molecular weight is 506 g/mol. The number of methoxy groups -OCH3 is 2. The second-order valence-corrected chi connectivity index (χ2v) is 11.1. The van der Waals surface area contributed by atoms with Crippen LogP contribution >= 0.6 is 0 Å². The highest BCUT2D eigenvalue weighted by Gasteiger charge is 2.54. The Morgan fingerprint density at radius 1 is 1.00 bits per heavy atom. The van der Waals surface area contributed by atoms with Crippen LogP contribution in [0.3, 0.4) is 0 Å². The van der Waals surface area contributed by atoms with Gasteiger partial charge in [0.1, 0.15) is 17.4 Å². The summed E-state index contributed by atoms with van der Waals surface area (Å²) in [5, 5.41) is 5.64. The number of ether oxygens (including phenoxy) is 3. The standard InChI is InChI=1S/C26H43BN2O7/c1-24(2,3)34-23(31)28-20(17-32-8)22(30)29-21(27-35-25(4,5)26(6,7)36-27)12-10-11-18-13-15-19(33-9)16-14-18/h13-16,20-21H,10-12,17H2,1-9H3,(H,28,31)(H,29,30)/t20-,21+/m1/s1. The Labute approximate surface area is 216 Å². The van der Waals surface area contributed by atoms with Crippen molar-refractivity contribution in [3.05, 3.63) is 29.8 Å². The van der Waals surface area contributed by atoms with Gasteiger partial charge in [0.2, 0.25) is 5.91 Å². The first-order valence-electron chi connectivity index (χ1n) is 12.4. The number of benzene rings is 1. The van der Waals surface area contributed by atoms with Gasteiger partial charge in [-0.1, -0.05) is 12.1 Å². The summed E-state index contributed by atoms with van der Waals surface area (Å²) in [4.78, 5) is 25.5. The van der Waals surface area contributed by atoms with E-state index in [0.29, 0.717) is 6.42 Å². The molecule has 1 saturated heterocycles. The molecule has 0 aliphatic carbocycles. The molecule has 2 N–H and O–H groups in total. The van der Waals surface area contributed by atoms with Gasteiger partial charge in [-0.05, 0) is 85.4 Å². The molecule has 36 heavy (non-hydrogen) atoms. The smallest absolute Gasteiger partial charge is 0.481 e. The lowest BCUT2D eigenvalue weighted by Crippen LogP contribution is -2.56. The van der Waals surface area contributed by atoms with Gasteiger partial charge in [0.05, 0.1) is 30.9 Å². The van der Waals surface area contributed by atoms with E-state index in [2.05, 4.69) is 10.6 Å². The van der Waals surface area contributed by atoms with Crippen molar-refractivity contribution in [1.29, 1.82) is 0 Å². The molecule has 0 aromatic heterocycles. The summed E-state index contributed by atoms with van der Waals surface area (Å²) >= 11 is 0. The van der Waals surface area contributed by atoms with Crippen LogP contribution in [0.4, 0.5) is 4.79 Å². The molecule has 1 fully saturated rings. The van der Waals surface area contributed by atoms with E-state index in [4.69, 9.17) is 23.5 Å². The van der Waals surface area contributed by atoms with Gasteiger partial charge >= 0.3 is 13.2 Å². The van der Waals surface area contributed by atoms with E-state index in [1.165, 1.54) is 12.7 Å². The van der Waals surface area contributed by atoms with Gasteiger partial charge in [0.15, 0.2) is 0 Å². The number of carbonyl (C=O) groups is 2. The summed E-state index contributed by atoms with van der Waals surface area (Å²) in [7, 11) is 2.47. The van der Waals surface area contributed by atoms with E-state index in [1.54, 1.807) is 27.9 Å². The number of alkyl carbamates (subject to hydrolysis) is 1. The first-order valence-corrected chi connectivity index (χ1v) is 12.4. The normalized spacial score (nSPS) is 18.3. The van der Waals surface area contributed by atoms with Crippen LogP contribution < -0.4 is 15.4 Å². The van der Waals surface area contributed by atoms with E-state index in [-0.39, 0.29) is 6.61 Å². The van der Waals surface area contributed by atoms with Gasteiger partial charge in [0, 0.05) is 7.11 Å². The molecule has 10 heteroatoms. The molecule has 202 valence electrons. The zero-order valence-corrected chi connectivity index (χ0v) is 23.2. The minimum Gasteiger partial charge on any atom is -0.497 e. The lowest BCUT2D eigenvalue weighted by molar-refractivity contribution is -0.124. The van der Waals surface area contributed by atoms with Crippen LogP contribution in [0.15, 0.2) is 24.3 Å². The molecule has 0 spiro atoms. The largest absolute Gasteiger partial charge is 0.497 e. The third kappa shape index (κ3) is 8.67. The molecule has 9 nitrogen and oxygen atoms in total. The molecule has 0 unspecified atom stereocenters. The molecule has 2 rings (SSSR count). The van der Waals surface area contributed by atoms with Crippen LogP contribution in [0.25, 0.3) is 0 Å². The third-order valence-electron chi connectivity index (χ3n) is 6.41. The van der Waals surface area contributed by atoms with Crippen LogP contribution in [0.5, 0.6) is 5.75 Å². The Hall–Kier alpha value is -2.30. The van der Waals surface area contributed by atoms with Crippen molar-refractivity contribution in [3.63, 3.8) is 0 Å². The molecule has 1 aliphatic rings. The van der Waals surface area contributed by atoms with Crippen LogP contribution in [0, 0.1) is 0 Å². The minimum atomic E-state index is -0.934. The first kappa shape index (κ1) is 29.9. The number of amides is 2. The Bertz CT molecular complexity index is 852. The van der Waals surface area contributed by atoms with Gasteiger partial charge in [-0.2, -0.15) is 0 Å². The maximum atomic E-state index is 13.2. The summed E-state index contributed by atoms with van der Waals surface area (Å²) in [5.74, 6) is -0.0220. The summed E-state index contributed by atoms with van der Waals surface area (Å²) in [6.45, 7) is 13.2. The van der Waals surface area contributed by atoms with Crippen molar-refractivity contribution in [2.45, 2.75) is 96.5 Å². The SMILES string of the molecule is COC[C@@H](NC(=O)OC(C)(C)C)C(=O)N[C@@H](CCCc1ccc(OC)cc1)B1OC(C)(C)C(C)(C)O1. The van der Waals surface area contributed by atoms with Gasteiger partial charge in [0.25, 0.3) is 0 Å². The van der Waals surface area contributed by atoms with Gasteiger partial charge in [-0.25, -0.2) is 4.79 Å². The van der Waals surface area contributed by atoms with E-state index in [9.17, 15) is 9.59 Å². The first-order chi connectivity index (χ1) is 16.7. The molecule has 1 aromatic carbocycles. The van der Waals surface area contributed by atoms with E-state index >= 15 is 0 Å². The number of rotatable bonds is 11. The monoisotopic (exact) mass is 506 g/mol. The maximum Gasteiger partial charge on any atom is 0.481 e. The van der Waals surface area contributed by atoms with Gasteiger partial charge in [-0.15, -0.1) is 0 Å². The number of hydrogen-bond donors (Lipinski definition) is 2. The molecule has 0 saturated carbocycles. The highest BCUT2D eigenvalue weighted by Crippen LogP contribution is 2.38. The Balaban J connectivity index is 2.12. The number of aryl methyl sites for hydroxylation is 1. The fraction of sp³-hybridized carbons (Fsp3) is 0.692. The van der Waals surface area contributed by atoms with Gasteiger partial charge in [-0.3, -0.25) is 4.79 Å². The average Bonchev–Trinajstić information content (AvgIpc) is 2.98. The minimum absolute atomic E-state index is 0.00693. The highest BCUT2D eigenvalue weighted by molar-refractivity contribution is 6.48. The second kappa shape index (κ2) is 12.3. The van der Waals surface area contributed by atoms with Crippen LogP contribution in [0.1, 0.15) is 66.9 Å². The zero-order valence-electron chi connectivity index (χ0n) is 23.2. The van der Waals surface area contributed by atoms with Crippen LogP contribution in [-0.4, -0.2) is 68.7 Å². The molecule has 1 aliphatic heterocycles. The van der Waals surface area contributed by atoms with Gasteiger partial charge < -0.3 is 34.2 Å². The molecule has 2 amide bonds. The predicted molar refractivity (Wildman–Crippen MR) is 139 cm³/mol. The quantitative estimate of drug-likeness (QED) is 0.442. The lowest BCUT2D eigenvalue weighted by Gasteiger charge is -2.32. The van der Waals surface area contributed by atoms with Crippen molar-refractivity contribution in [2.24, 2.45) is 0 Å². The van der Waals surface area contributed by atoms with Crippen molar-refractivity contribution >= 4 is 19.1 Å². The molecule has 2 atom stereocenters. The molecule has 1 aromatic rings. The van der Waals surface area contributed by atoms with Crippen LogP contribution in [-0.2, 0) is 30.0 Å². The summed E-state index contributed by atoms with van der Waals surface area (Å²) in [6, 6.07) is 6.98. The Kier molecular flexibility index (Phi) is 10.2. The number of hydrogen-bond acceptors (Lipinski definition) is 7. The van der Waals surface area contributed by atoms with E-state index < -0.39 is 47.9 Å². The fourth-order valence-corrected chi connectivity index (χ4v) is 3.73. The van der Waals surface area contributed by atoms with E-state index in [0.717, 1.165) is 18.6 Å². The maximum absolute atomic E-state index is 13.2. The Morgan fingerprint density at radius 3 is 2.08 bits per heavy atom. The van der Waals surface area contributed by atoms with Crippen molar-refractivity contribution < 1.29 is 33.1 Å². The molecule has 0 radical (unpaired) electrons. The highest BCUT2D eigenvalue weighted by atomic mass is 16.7. The molecule has 0 bridgehead atoms. The van der Waals surface area contributed by atoms with Crippen molar-refractivity contribution in [1.82, 2.24) is 10.6 Å². The molecular weight excluding hydrogens is 463 g/mol. The molecule has 1 heterocycles. The number of nitrogens with one attached hydrogen (secondary N) is 2. The topological polar surface area (TPSA) is 104 Å². The fourth-order valence-electron chi connectivity index (χ4n) is 3.73. The third-order valence-corrected chi connectivity index (χ3v) is 6.41. The van der Waals surface area contributed by atoms with E-state index in [1.807, 2.05) is 52.0 Å². The molecular formula is C26H43BN2O7.